The average Bonchev–Trinajstić information content (AvgIpc) is 2.78. The Morgan fingerprint density at radius 3 is 2.82 bits per heavy atom. The van der Waals surface area contributed by atoms with Gasteiger partial charge >= 0.3 is 0 Å². The molecule has 0 saturated heterocycles. The Bertz CT molecular complexity index is 505. The first-order chi connectivity index (χ1) is 8.20. The molecule has 0 atom stereocenters. The minimum Gasteiger partial charge on any atom is -0.460 e. The molecule has 0 aliphatic rings. The van der Waals surface area contributed by atoms with Crippen molar-refractivity contribution in [2.45, 2.75) is 20.4 Å². The predicted octanol–water partition coefficient (Wildman–Crippen LogP) is 4.13. The van der Waals surface area contributed by atoms with Gasteiger partial charge in [0.05, 0.1) is 6.54 Å². The van der Waals surface area contributed by atoms with E-state index in [0.29, 0.717) is 0 Å². The van der Waals surface area contributed by atoms with Crippen molar-refractivity contribution in [2.24, 2.45) is 0 Å². The molecule has 0 saturated carbocycles. The molecule has 0 bridgehead atoms. The highest BCUT2D eigenvalue weighted by molar-refractivity contribution is 9.10. The van der Waals surface area contributed by atoms with Crippen molar-refractivity contribution in [3.05, 3.63) is 46.1 Å². The van der Waals surface area contributed by atoms with Gasteiger partial charge in [0.15, 0.2) is 0 Å². The summed E-state index contributed by atoms with van der Waals surface area (Å²) in [6.07, 6.45) is 0. The highest BCUT2D eigenvalue weighted by Crippen LogP contribution is 2.28. The lowest BCUT2D eigenvalue weighted by Gasteiger charge is -2.03. The van der Waals surface area contributed by atoms with E-state index in [2.05, 4.69) is 47.2 Å². The Morgan fingerprint density at radius 2 is 2.06 bits per heavy atom. The SMILES string of the molecule is CCNCc1ccc(-c2cc(Br)ccc2C)o1. The zero-order chi connectivity index (χ0) is 12.3. The number of halogens is 1. The lowest BCUT2D eigenvalue weighted by Crippen LogP contribution is -2.10. The fourth-order valence-corrected chi connectivity index (χ4v) is 2.09. The van der Waals surface area contributed by atoms with Crippen molar-refractivity contribution < 1.29 is 4.42 Å². The van der Waals surface area contributed by atoms with Crippen LogP contribution in [0.5, 0.6) is 0 Å². The van der Waals surface area contributed by atoms with E-state index in [4.69, 9.17) is 4.42 Å². The van der Waals surface area contributed by atoms with Crippen molar-refractivity contribution in [1.82, 2.24) is 5.32 Å². The van der Waals surface area contributed by atoms with E-state index in [1.165, 1.54) is 5.56 Å². The minimum absolute atomic E-state index is 0.781. The molecule has 1 heterocycles. The van der Waals surface area contributed by atoms with Crippen molar-refractivity contribution in [3.63, 3.8) is 0 Å². The summed E-state index contributed by atoms with van der Waals surface area (Å²) in [6.45, 7) is 5.91. The van der Waals surface area contributed by atoms with Crippen molar-refractivity contribution in [3.8, 4) is 11.3 Å². The summed E-state index contributed by atoms with van der Waals surface area (Å²) in [5.41, 5.74) is 2.36. The maximum atomic E-state index is 5.82. The van der Waals surface area contributed by atoms with Crippen LogP contribution in [0.3, 0.4) is 0 Å². The molecule has 90 valence electrons. The Labute approximate surface area is 110 Å². The van der Waals surface area contributed by atoms with E-state index in [1.54, 1.807) is 0 Å². The lowest BCUT2D eigenvalue weighted by atomic mass is 10.1. The van der Waals surface area contributed by atoms with Crippen LogP contribution < -0.4 is 5.32 Å². The monoisotopic (exact) mass is 293 g/mol. The number of aryl methyl sites for hydroxylation is 1. The fourth-order valence-electron chi connectivity index (χ4n) is 1.73. The van der Waals surface area contributed by atoms with Crippen LogP contribution in [0.15, 0.2) is 39.2 Å². The van der Waals surface area contributed by atoms with Gasteiger partial charge in [-0.05, 0) is 43.3 Å². The Morgan fingerprint density at radius 1 is 1.24 bits per heavy atom. The number of hydrogen-bond acceptors (Lipinski definition) is 2. The number of hydrogen-bond donors (Lipinski definition) is 1. The molecule has 1 aromatic heterocycles. The Kier molecular flexibility index (Phi) is 4.02. The quantitative estimate of drug-likeness (QED) is 0.917. The zero-order valence-corrected chi connectivity index (χ0v) is 11.7. The molecule has 17 heavy (non-hydrogen) atoms. The smallest absolute Gasteiger partial charge is 0.134 e. The van der Waals surface area contributed by atoms with Crippen molar-refractivity contribution >= 4 is 15.9 Å². The number of furan rings is 1. The second-order valence-corrected chi connectivity index (χ2v) is 4.92. The highest BCUT2D eigenvalue weighted by Gasteiger charge is 2.07. The van der Waals surface area contributed by atoms with E-state index < -0.39 is 0 Å². The molecule has 0 amide bonds. The maximum absolute atomic E-state index is 5.82. The van der Waals surface area contributed by atoms with Crippen LogP contribution in [0.4, 0.5) is 0 Å². The van der Waals surface area contributed by atoms with Gasteiger partial charge in [-0.15, -0.1) is 0 Å². The standard InChI is InChI=1S/C14H16BrNO/c1-3-16-9-12-6-7-14(17-12)13-8-11(15)5-4-10(13)2/h4-8,16H,3,9H2,1-2H3. The lowest BCUT2D eigenvalue weighted by molar-refractivity contribution is 0.498. The molecule has 0 fully saturated rings. The first kappa shape index (κ1) is 12.4. The van der Waals surface area contributed by atoms with Gasteiger partial charge in [0.1, 0.15) is 11.5 Å². The third kappa shape index (κ3) is 2.99. The summed E-state index contributed by atoms with van der Waals surface area (Å²) in [7, 11) is 0. The molecule has 0 radical (unpaired) electrons. The molecule has 3 heteroatoms. The third-order valence-electron chi connectivity index (χ3n) is 2.68. The summed E-state index contributed by atoms with van der Waals surface area (Å²) in [5, 5.41) is 3.25. The molecule has 2 nitrogen and oxygen atoms in total. The molecular weight excluding hydrogens is 278 g/mol. The average molecular weight is 294 g/mol. The van der Waals surface area contributed by atoms with Gasteiger partial charge in [-0.3, -0.25) is 0 Å². The number of rotatable bonds is 4. The molecule has 2 aromatic rings. The number of nitrogens with one attached hydrogen (secondary N) is 1. The van der Waals surface area contributed by atoms with Crippen LogP contribution in [0.2, 0.25) is 0 Å². The second kappa shape index (κ2) is 5.52. The van der Waals surface area contributed by atoms with Crippen LogP contribution in [0.25, 0.3) is 11.3 Å². The van der Waals surface area contributed by atoms with Gasteiger partial charge in [0.2, 0.25) is 0 Å². The molecule has 0 spiro atoms. The van der Waals surface area contributed by atoms with Crippen LogP contribution in [-0.4, -0.2) is 6.54 Å². The van der Waals surface area contributed by atoms with Crippen LogP contribution in [0.1, 0.15) is 18.2 Å². The van der Waals surface area contributed by atoms with Gasteiger partial charge in [0, 0.05) is 10.0 Å². The van der Waals surface area contributed by atoms with E-state index in [0.717, 1.165) is 34.6 Å². The van der Waals surface area contributed by atoms with Crippen molar-refractivity contribution in [2.75, 3.05) is 6.54 Å². The summed E-state index contributed by atoms with van der Waals surface area (Å²) >= 11 is 3.49. The van der Waals surface area contributed by atoms with E-state index in [1.807, 2.05) is 18.2 Å². The summed E-state index contributed by atoms with van der Waals surface area (Å²) in [6, 6.07) is 10.3. The molecule has 0 aliphatic carbocycles. The van der Waals surface area contributed by atoms with Crippen LogP contribution >= 0.6 is 15.9 Å². The summed E-state index contributed by atoms with van der Waals surface area (Å²) in [4.78, 5) is 0. The van der Waals surface area contributed by atoms with Crippen LogP contribution in [-0.2, 0) is 6.54 Å². The van der Waals surface area contributed by atoms with E-state index in [9.17, 15) is 0 Å². The largest absolute Gasteiger partial charge is 0.460 e. The highest BCUT2D eigenvalue weighted by atomic mass is 79.9. The topological polar surface area (TPSA) is 25.2 Å². The first-order valence-corrected chi connectivity index (χ1v) is 6.56. The fraction of sp³-hybridized carbons (Fsp3) is 0.286. The minimum atomic E-state index is 0.781. The second-order valence-electron chi connectivity index (χ2n) is 4.01. The Balaban J connectivity index is 2.27. The van der Waals surface area contributed by atoms with Crippen LogP contribution in [0, 0.1) is 6.92 Å². The maximum Gasteiger partial charge on any atom is 0.134 e. The molecular formula is C14H16BrNO. The predicted molar refractivity (Wildman–Crippen MR) is 74.0 cm³/mol. The number of benzene rings is 1. The molecule has 0 aliphatic heterocycles. The Hall–Kier alpha value is -1.06. The molecule has 0 unspecified atom stereocenters. The molecule has 1 N–H and O–H groups in total. The third-order valence-corrected chi connectivity index (χ3v) is 3.17. The van der Waals surface area contributed by atoms with Crippen molar-refractivity contribution in [1.29, 1.82) is 0 Å². The first-order valence-electron chi connectivity index (χ1n) is 5.76. The van der Waals surface area contributed by atoms with Gasteiger partial charge in [-0.2, -0.15) is 0 Å². The zero-order valence-electron chi connectivity index (χ0n) is 10.1. The van der Waals surface area contributed by atoms with Gasteiger partial charge in [0.25, 0.3) is 0 Å². The summed E-state index contributed by atoms with van der Waals surface area (Å²) in [5.74, 6) is 1.90. The van der Waals surface area contributed by atoms with Gasteiger partial charge < -0.3 is 9.73 Å². The molecule has 1 aromatic carbocycles. The van der Waals surface area contributed by atoms with Gasteiger partial charge in [-0.1, -0.05) is 28.9 Å². The van der Waals surface area contributed by atoms with E-state index >= 15 is 0 Å². The van der Waals surface area contributed by atoms with Gasteiger partial charge in [-0.25, -0.2) is 0 Å². The van der Waals surface area contributed by atoms with E-state index in [-0.39, 0.29) is 0 Å². The normalized spacial score (nSPS) is 10.8. The molecule has 2 rings (SSSR count). The summed E-state index contributed by atoms with van der Waals surface area (Å²) < 4.78 is 6.90.